The highest BCUT2D eigenvalue weighted by Crippen LogP contribution is 2.15. The van der Waals surface area contributed by atoms with Crippen molar-refractivity contribution in [2.45, 2.75) is 19.4 Å². The van der Waals surface area contributed by atoms with Gasteiger partial charge in [-0.2, -0.15) is 0 Å². The lowest BCUT2D eigenvalue weighted by Gasteiger charge is -2.12. The van der Waals surface area contributed by atoms with Crippen LogP contribution >= 0.6 is 0 Å². The zero-order valence-electron chi connectivity index (χ0n) is 11.5. The summed E-state index contributed by atoms with van der Waals surface area (Å²) in [5.41, 5.74) is 1.09. The summed E-state index contributed by atoms with van der Waals surface area (Å²) in [5, 5.41) is 7.85. The minimum Gasteiger partial charge on any atom is -0.334 e. The molecule has 1 aromatic rings. The van der Waals surface area contributed by atoms with E-state index in [1.54, 1.807) is 24.3 Å². The Balaban J connectivity index is 1.92. The molecule has 1 saturated heterocycles. The number of hydrogen-bond donors (Lipinski definition) is 3. The maximum atomic E-state index is 11.8. The van der Waals surface area contributed by atoms with Crippen molar-refractivity contribution in [1.29, 1.82) is 0 Å². The quantitative estimate of drug-likeness (QED) is 0.773. The van der Waals surface area contributed by atoms with Crippen molar-refractivity contribution in [2.24, 2.45) is 0 Å². The van der Waals surface area contributed by atoms with Crippen LogP contribution in [0.4, 0.5) is 16.2 Å². The largest absolute Gasteiger partial charge is 0.334 e. The van der Waals surface area contributed by atoms with Gasteiger partial charge in [0.25, 0.3) is 0 Å². The average Bonchev–Trinajstić information content (AvgIpc) is 2.67. The molecule has 1 atom stereocenters. The van der Waals surface area contributed by atoms with Crippen molar-refractivity contribution in [3.8, 4) is 0 Å². The molecule has 1 aliphatic rings. The minimum absolute atomic E-state index is 0.0215. The van der Waals surface area contributed by atoms with Crippen LogP contribution in [-0.2, 0) is 14.6 Å². The minimum atomic E-state index is -3.02. The van der Waals surface area contributed by atoms with Crippen LogP contribution < -0.4 is 16.0 Å². The molecule has 3 amide bonds. The second-order valence-corrected chi connectivity index (χ2v) is 7.19. The van der Waals surface area contributed by atoms with Crippen molar-refractivity contribution in [2.75, 3.05) is 22.1 Å². The average molecular weight is 311 g/mol. The Morgan fingerprint density at radius 2 is 1.86 bits per heavy atom. The van der Waals surface area contributed by atoms with Gasteiger partial charge in [-0.05, 0) is 24.6 Å². The molecule has 7 nitrogen and oxygen atoms in total. The van der Waals surface area contributed by atoms with E-state index < -0.39 is 15.9 Å². The van der Waals surface area contributed by atoms with E-state index >= 15 is 0 Å². The fraction of sp³-hybridized carbons (Fsp3) is 0.385. The molecule has 1 fully saturated rings. The first-order valence-corrected chi connectivity index (χ1v) is 8.32. The van der Waals surface area contributed by atoms with Crippen LogP contribution in [0, 0.1) is 0 Å². The molecular formula is C13H17N3O4S. The number of sulfone groups is 1. The highest BCUT2D eigenvalue weighted by Gasteiger charge is 2.28. The van der Waals surface area contributed by atoms with Crippen LogP contribution in [-0.4, -0.2) is 37.9 Å². The molecule has 0 spiro atoms. The number of anilines is 2. The van der Waals surface area contributed by atoms with Gasteiger partial charge in [0, 0.05) is 24.3 Å². The van der Waals surface area contributed by atoms with E-state index in [-0.39, 0.29) is 23.5 Å². The van der Waals surface area contributed by atoms with Crippen LogP contribution in [0.25, 0.3) is 0 Å². The Morgan fingerprint density at radius 3 is 2.43 bits per heavy atom. The molecule has 1 heterocycles. The predicted octanol–water partition coefficient (Wildman–Crippen LogP) is 0.954. The molecule has 1 aliphatic heterocycles. The molecule has 0 bridgehead atoms. The second-order valence-electron chi connectivity index (χ2n) is 4.96. The maximum absolute atomic E-state index is 11.8. The Morgan fingerprint density at radius 1 is 1.19 bits per heavy atom. The van der Waals surface area contributed by atoms with Crippen molar-refractivity contribution in [1.82, 2.24) is 5.32 Å². The van der Waals surface area contributed by atoms with Crippen molar-refractivity contribution < 1.29 is 18.0 Å². The fourth-order valence-electron chi connectivity index (χ4n) is 2.14. The van der Waals surface area contributed by atoms with Gasteiger partial charge < -0.3 is 16.0 Å². The van der Waals surface area contributed by atoms with Crippen LogP contribution in [0.3, 0.4) is 0 Å². The monoisotopic (exact) mass is 311 g/mol. The predicted molar refractivity (Wildman–Crippen MR) is 80.0 cm³/mol. The smallest absolute Gasteiger partial charge is 0.319 e. The van der Waals surface area contributed by atoms with Gasteiger partial charge in [0.15, 0.2) is 9.84 Å². The molecular weight excluding hydrogens is 294 g/mol. The lowest BCUT2D eigenvalue weighted by molar-refractivity contribution is -0.114. The molecule has 8 heteroatoms. The molecule has 21 heavy (non-hydrogen) atoms. The lowest BCUT2D eigenvalue weighted by atomic mass is 10.2. The van der Waals surface area contributed by atoms with E-state index in [0.717, 1.165) is 0 Å². The van der Waals surface area contributed by atoms with Crippen molar-refractivity contribution in [3.63, 3.8) is 0 Å². The summed E-state index contributed by atoms with van der Waals surface area (Å²) in [6.45, 7) is 1.40. The summed E-state index contributed by atoms with van der Waals surface area (Å²) in [6, 6.07) is 5.88. The van der Waals surface area contributed by atoms with Crippen LogP contribution in [0.1, 0.15) is 13.3 Å². The Labute approximate surface area is 123 Å². The molecule has 1 aromatic carbocycles. The highest BCUT2D eigenvalue weighted by atomic mass is 32.2. The zero-order chi connectivity index (χ0) is 15.5. The number of urea groups is 1. The molecule has 0 aliphatic carbocycles. The third kappa shape index (κ3) is 4.75. The van der Waals surface area contributed by atoms with E-state index in [0.29, 0.717) is 17.8 Å². The number of benzene rings is 1. The van der Waals surface area contributed by atoms with Crippen molar-refractivity contribution >= 4 is 33.2 Å². The van der Waals surface area contributed by atoms with Gasteiger partial charge in [0.05, 0.1) is 11.5 Å². The summed E-state index contributed by atoms with van der Waals surface area (Å²) < 4.78 is 22.6. The third-order valence-electron chi connectivity index (χ3n) is 3.01. The topological polar surface area (TPSA) is 104 Å². The molecule has 2 rings (SSSR count). The molecule has 0 saturated carbocycles. The number of hydrogen-bond acceptors (Lipinski definition) is 4. The maximum Gasteiger partial charge on any atom is 0.319 e. The number of carbonyl (C=O) groups is 2. The Hall–Kier alpha value is -2.09. The summed E-state index contributed by atoms with van der Waals surface area (Å²) in [4.78, 5) is 22.8. The first-order chi connectivity index (χ1) is 9.84. The van der Waals surface area contributed by atoms with Gasteiger partial charge in [0.2, 0.25) is 5.91 Å². The number of nitrogens with one attached hydrogen (secondary N) is 3. The second kappa shape index (κ2) is 6.13. The van der Waals surface area contributed by atoms with E-state index in [4.69, 9.17) is 0 Å². The van der Waals surface area contributed by atoms with Gasteiger partial charge in [-0.15, -0.1) is 0 Å². The summed E-state index contributed by atoms with van der Waals surface area (Å²) >= 11 is 0. The van der Waals surface area contributed by atoms with E-state index in [9.17, 15) is 18.0 Å². The van der Waals surface area contributed by atoms with Crippen LogP contribution in [0.5, 0.6) is 0 Å². The van der Waals surface area contributed by atoms with E-state index in [1.807, 2.05) is 0 Å². The first kappa shape index (κ1) is 15.3. The van der Waals surface area contributed by atoms with Gasteiger partial charge >= 0.3 is 6.03 Å². The van der Waals surface area contributed by atoms with Gasteiger partial charge in [-0.1, -0.05) is 6.07 Å². The van der Waals surface area contributed by atoms with Gasteiger partial charge in [-0.25, -0.2) is 13.2 Å². The fourth-order valence-corrected chi connectivity index (χ4v) is 3.81. The number of rotatable bonds is 3. The number of carbonyl (C=O) groups excluding carboxylic acids is 2. The summed E-state index contributed by atoms with van der Waals surface area (Å²) in [7, 11) is -3.02. The molecule has 0 aromatic heterocycles. The first-order valence-electron chi connectivity index (χ1n) is 6.50. The lowest BCUT2D eigenvalue weighted by Crippen LogP contribution is -2.38. The van der Waals surface area contributed by atoms with Gasteiger partial charge in [-0.3, -0.25) is 4.79 Å². The number of amides is 3. The van der Waals surface area contributed by atoms with E-state index in [1.165, 1.54) is 6.92 Å². The SMILES string of the molecule is CC(=O)Nc1cccc(NC(=O)NC2CCS(=O)(=O)C2)c1. The molecule has 1 unspecified atom stereocenters. The normalized spacial score (nSPS) is 19.8. The van der Waals surface area contributed by atoms with E-state index in [2.05, 4.69) is 16.0 Å². The third-order valence-corrected chi connectivity index (χ3v) is 4.78. The summed E-state index contributed by atoms with van der Waals surface area (Å²) in [5.74, 6) is -0.116. The van der Waals surface area contributed by atoms with Gasteiger partial charge in [0.1, 0.15) is 0 Å². The molecule has 0 radical (unpaired) electrons. The standard InChI is InChI=1S/C13H17N3O4S/c1-9(17)14-10-3-2-4-11(7-10)15-13(18)16-12-5-6-21(19,20)8-12/h2-4,7,12H,5-6,8H2,1H3,(H,14,17)(H2,15,16,18). The Bertz CT molecular complexity index is 657. The Kier molecular flexibility index (Phi) is 4.46. The van der Waals surface area contributed by atoms with Crippen LogP contribution in [0.2, 0.25) is 0 Å². The zero-order valence-corrected chi connectivity index (χ0v) is 12.4. The molecule has 114 valence electrons. The molecule has 3 N–H and O–H groups in total. The van der Waals surface area contributed by atoms with Crippen LogP contribution in [0.15, 0.2) is 24.3 Å². The summed E-state index contributed by atoms with van der Waals surface area (Å²) in [6.07, 6.45) is 0.432. The highest BCUT2D eigenvalue weighted by molar-refractivity contribution is 7.91. The van der Waals surface area contributed by atoms with Crippen molar-refractivity contribution in [3.05, 3.63) is 24.3 Å².